The summed E-state index contributed by atoms with van der Waals surface area (Å²) >= 11 is 0. The van der Waals surface area contributed by atoms with Crippen LogP contribution in [0.25, 0.3) is 0 Å². The Bertz CT molecular complexity index is 99.9. The van der Waals surface area contributed by atoms with Gasteiger partial charge in [-0.15, -0.1) is 6.58 Å². The van der Waals surface area contributed by atoms with Gasteiger partial charge in [-0.1, -0.05) is 44.6 Å². The summed E-state index contributed by atoms with van der Waals surface area (Å²) in [5.74, 6) is 0. The molecular weight excluding hydrogens is 148 g/mol. The third kappa shape index (κ3) is 9.96. The Hall–Kier alpha value is -0.0431. The van der Waals surface area contributed by atoms with Crippen LogP contribution in [0.1, 0.15) is 25.7 Å². The fourth-order valence-corrected chi connectivity index (χ4v) is 2.43. The van der Waals surface area contributed by atoms with E-state index in [0.29, 0.717) is 0 Å². The highest BCUT2D eigenvalue weighted by Crippen LogP contribution is 2.14. The average molecular weight is 170 g/mol. The van der Waals surface area contributed by atoms with Gasteiger partial charge in [-0.3, -0.25) is 0 Å². The second kappa shape index (κ2) is 5.59. The fourth-order valence-electron chi connectivity index (χ4n) is 1.12. The number of hydrogen-bond acceptors (Lipinski definition) is 0. The lowest BCUT2D eigenvalue weighted by Gasteiger charge is -2.14. The van der Waals surface area contributed by atoms with E-state index in [2.05, 4.69) is 26.2 Å². The van der Waals surface area contributed by atoms with Gasteiger partial charge in [-0.05, 0) is 12.8 Å². The van der Waals surface area contributed by atoms with Crippen molar-refractivity contribution in [1.82, 2.24) is 0 Å². The molecule has 0 spiro atoms. The van der Waals surface area contributed by atoms with Crippen molar-refractivity contribution in [3.63, 3.8) is 0 Å². The molecule has 0 aromatic carbocycles. The fraction of sp³-hybridized carbons (Fsp3) is 0.800. The summed E-state index contributed by atoms with van der Waals surface area (Å²) in [6.07, 6.45) is 7.40. The van der Waals surface area contributed by atoms with Gasteiger partial charge < -0.3 is 0 Å². The minimum Gasteiger partial charge on any atom is -0.103 e. The third-order valence-electron chi connectivity index (χ3n) is 1.84. The van der Waals surface area contributed by atoms with Crippen LogP contribution in [0.4, 0.5) is 0 Å². The first kappa shape index (κ1) is 11.0. The molecule has 0 atom stereocenters. The molecule has 0 saturated carbocycles. The van der Waals surface area contributed by atoms with Crippen LogP contribution in [0.15, 0.2) is 12.7 Å². The van der Waals surface area contributed by atoms with E-state index in [-0.39, 0.29) is 0 Å². The molecule has 11 heavy (non-hydrogen) atoms. The Morgan fingerprint density at radius 2 is 1.73 bits per heavy atom. The van der Waals surface area contributed by atoms with Crippen LogP contribution in [-0.2, 0) is 0 Å². The van der Waals surface area contributed by atoms with Crippen LogP contribution >= 0.6 is 0 Å². The number of rotatable bonds is 6. The maximum atomic E-state index is 3.72. The van der Waals surface area contributed by atoms with Gasteiger partial charge in [0.15, 0.2) is 0 Å². The van der Waals surface area contributed by atoms with Gasteiger partial charge in [-0.25, -0.2) is 0 Å². The van der Waals surface area contributed by atoms with Crippen molar-refractivity contribution in [3.8, 4) is 0 Å². The zero-order valence-corrected chi connectivity index (χ0v) is 9.32. The summed E-state index contributed by atoms with van der Waals surface area (Å²) < 4.78 is 0. The van der Waals surface area contributed by atoms with E-state index in [4.69, 9.17) is 0 Å². The zero-order valence-electron chi connectivity index (χ0n) is 8.32. The first-order valence-corrected chi connectivity index (χ1v) is 8.38. The molecule has 0 aliphatic carbocycles. The Kier molecular flexibility index (Phi) is 5.57. The lowest BCUT2D eigenvalue weighted by molar-refractivity contribution is 0.723. The highest BCUT2D eigenvalue weighted by atomic mass is 28.3. The lowest BCUT2D eigenvalue weighted by atomic mass is 10.2. The molecule has 0 aromatic rings. The molecule has 0 aromatic heterocycles. The van der Waals surface area contributed by atoms with Crippen LogP contribution in [-0.4, -0.2) is 8.07 Å². The summed E-state index contributed by atoms with van der Waals surface area (Å²) in [6, 6.07) is 1.49. The Balaban J connectivity index is 3.08. The Morgan fingerprint density at radius 1 is 1.09 bits per heavy atom. The molecule has 0 bridgehead atoms. The summed E-state index contributed by atoms with van der Waals surface area (Å²) in [5, 5.41) is 0. The van der Waals surface area contributed by atoms with Crippen molar-refractivity contribution >= 4 is 8.07 Å². The van der Waals surface area contributed by atoms with Gasteiger partial charge in [0.1, 0.15) is 0 Å². The van der Waals surface area contributed by atoms with Gasteiger partial charge in [0, 0.05) is 8.07 Å². The lowest BCUT2D eigenvalue weighted by Crippen LogP contribution is -2.18. The van der Waals surface area contributed by atoms with Gasteiger partial charge in [0.25, 0.3) is 0 Å². The average Bonchev–Trinajstić information content (AvgIpc) is 1.85. The molecule has 0 unspecified atom stereocenters. The Morgan fingerprint density at radius 3 is 2.18 bits per heavy atom. The van der Waals surface area contributed by atoms with Crippen molar-refractivity contribution in [2.75, 3.05) is 0 Å². The monoisotopic (exact) mass is 170 g/mol. The molecule has 0 aliphatic rings. The molecular formula is C10H22Si. The predicted octanol–water partition coefficient (Wildman–Crippen LogP) is 4.07. The quantitative estimate of drug-likeness (QED) is 0.320. The first-order chi connectivity index (χ1) is 5.06. The Labute approximate surface area is 72.7 Å². The zero-order chi connectivity index (χ0) is 8.74. The molecule has 0 fully saturated rings. The highest BCUT2D eigenvalue weighted by molar-refractivity contribution is 6.76. The van der Waals surface area contributed by atoms with Crippen molar-refractivity contribution < 1.29 is 0 Å². The smallest absolute Gasteiger partial charge is 0.0442 e. The van der Waals surface area contributed by atoms with Crippen molar-refractivity contribution in [1.29, 1.82) is 0 Å². The number of unbranched alkanes of at least 4 members (excludes halogenated alkanes) is 3. The summed E-state index contributed by atoms with van der Waals surface area (Å²) in [4.78, 5) is 0. The van der Waals surface area contributed by atoms with Crippen LogP contribution in [0.3, 0.4) is 0 Å². The van der Waals surface area contributed by atoms with E-state index >= 15 is 0 Å². The van der Waals surface area contributed by atoms with E-state index in [1.54, 1.807) is 0 Å². The molecule has 0 amide bonds. The topological polar surface area (TPSA) is 0 Å². The minimum absolute atomic E-state index is 0.743. The predicted molar refractivity (Wildman–Crippen MR) is 56.8 cm³/mol. The second-order valence-corrected chi connectivity index (χ2v) is 10.1. The van der Waals surface area contributed by atoms with Gasteiger partial charge in [0.2, 0.25) is 0 Å². The van der Waals surface area contributed by atoms with Crippen molar-refractivity contribution in [3.05, 3.63) is 12.7 Å². The minimum atomic E-state index is -0.743. The molecule has 1 heteroatoms. The summed E-state index contributed by atoms with van der Waals surface area (Å²) in [7, 11) is -0.743. The van der Waals surface area contributed by atoms with E-state index in [1.807, 2.05) is 6.08 Å². The molecule has 0 saturated heterocycles. The van der Waals surface area contributed by atoms with Crippen LogP contribution in [0.2, 0.25) is 25.7 Å². The van der Waals surface area contributed by atoms with Crippen LogP contribution in [0.5, 0.6) is 0 Å². The van der Waals surface area contributed by atoms with E-state index in [9.17, 15) is 0 Å². The van der Waals surface area contributed by atoms with Crippen LogP contribution < -0.4 is 0 Å². The SMILES string of the molecule is C=CCCCCC[Si](C)(C)C. The van der Waals surface area contributed by atoms with E-state index in [1.165, 1.54) is 31.7 Å². The number of hydrogen-bond donors (Lipinski definition) is 0. The standard InChI is InChI=1S/C10H22Si/c1-5-6-7-8-9-10-11(2,3)4/h5H,1,6-10H2,2-4H3. The normalized spacial score (nSPS) is 11.5. The molecule has 0 rings (SSSR count). The maximum absolute atomic E-state index is 3.72. The second-order valence-electron chi connectivity index (χ2n) is 4.45. The molecule has 0 heterocycles. The largest absolute Gasteiger partial charge is 0.103 e. The van der Waals surface area contributed by atoms with Gasteiger partial charge >= 0.3 is 0 Å². The van der Waals surface area contributed by atoms with Crippen LogP contribution in [0, 0.1) is 0 Å². The number of allylic oxidation sites excluding steroid dienone is 1. The third-order valence-corrected chi connectivity index (χ3v) is 3.69. The molecule has 0 nitrogen and oxygen atoms in total. The van der Waals surface area contributed by atoms with E-state index in [0.717, 1.165) is 0 Å². The van der Waals surface area contributed by atoms with Gasteiger partial charge in [0.05, 0.1) is 0 Å². The maximum Gasteiger partial charge on any atom is 0.0442 e. The molecule has 0 N–H and O–H groups in total. The summed E-state index contributed by atoms with van der Waals surface area (Å²) in [5.41, 5.74) is 0. The van der Waals surface area contributed by atoms with Crippen molar-refractivity contribution in [2.24, 2.45) is 0 Å². The van der Waals surface area contributed by atoms with Gasteiger partial charge in [-0.2, -0.15) is 0 Å². The highest BCUT2D eigenvalue weighted by Gasteiger charge is 2.10. The first-order valence-electron chi connectivity index (χ1n) is 4.67. The molecule has 0 aliphatic heterocycles. The molecule has 0 radical (unpaired) electrons. The van der Waals surface area contributed by atoms with Crippen molar-refractivity contribution in [2.45, 2.75) is 51.4 Å². The summed E-state index contributed by atoms with van der Waals surface area (Å²) in [6.45, 7) is 11.1. The molecule has 66 valence electrons. The van der Waals surface area contributed by atoms with E-state index < -0.39 is 8.07 Å².